The third kappa shape index (κ3) is 4.27. The van der Waals surface area contributed by atoms with Crippen LogP contribution in [0.4, 0.5) is 0 Å². The number of pyridine rings is 1. The van der Waals surface area contributed by atoms with E-state index < -0.39 is 4.92 Å². The van der Waals surface area contributed by atoms with Crippen molar-refractivity contribution in [2.75, 3.05) is 0 Å². The Morgan fingerprint density at radius 3 is 2.96 bits per heavy atom. The van der Waals surface area contributed by atoms with E-state index in [1.165, 1.54) is 0 Å². The van der Waals surface area contributed by atoms with E-state index in [1.807, 2.05) is 30.3 Å². The summed E-state index contributed by atoms with van der Waals surface area (Å²) in [5.41, 5.74) is 6.63. The molecule has 0 saturated heterocycles. The number of rotatable bonds is 5. The normalized spacial score (nSPS) is 12.2. The van der Waals surface area contributed by atoms with Crippen LogP contribution in [0.15, 0.2) is 65.2 Å². The van der Waals surface area contributed by atoms with Crippen LogP contribution in [-0.4, -0.2) is 15.7 Å². The van der Waals surface area contributed by atoms with E-state index in [4.69, 9.17) is 17.3 Å². The quantitative estimate of drug-likeness (QED) is 0.288. The Labute approximate surface area is 137 Å². The number of nitro groups is 1. The maximum atomic E-state index is 11.0. The van der Waals surface area contributed by atoms with E-state index in [-0.39, 0.29) is 23.2 Å². The Bertz CT molecular complexity index is 816. The number of hydrogen-bond donors (Lipinski definition) is 2. The first-order valence-corrected chi connectivity index (χ1v) is 6.95. The predicted octanol–water partition coefficient (Wildman–Crippen LogP) is 2.51. The minimum atomic E-state index is -0.643. The van der Waals surface area contributed by atoms with E-state index in [2.05, 4.69) is 21.9 Å². The molecule has 1 heterocycles. The summed E-state index contributed by atoms with van der Waals surface area (Å²) in [6.45, 7) is 3.65. The number of halogens is 1. The van der Waals surface area contributed by atoms with Crippen LogP contribution in [0.25, 0.3) is 10.9 Å². The van der Waals surface area contributed by atoms with Gasteiger partial charge in [0.25, 0.3) is 0 Å². The molecule has 0 bridgehead atoms. The SMILES string of the molecule is C=C(Cl)NC(=NCc1ccc2ncccc2c1)/C(=C\N)[N+](=O)[O-]. The highest BCUT2D eigenvalue weighted by atomic mass is 35.5. The van der Waals surface area contributed by atoms with Crippen LogP contribution in [0.5, 0.6) is 0 Å². The van der Waals surface area contributed by atoms with E-state index >= 15 is 0 Å². The lowest BCUT2D eigenvalue weighted by Crippen LogP contribution is -2.27. The molecule has 0 spiro atoms. The number of amidine groups is 1. The molecular weight excluding hydrogens is 318 g/mol. The zero-order valence-corrected chi connectivity index (χ0v) is 12.8. The number of hydrogen-bond acceptors (Lipinski definition) is 5. The van der Waals surface area contributed by atoms with Gasteiger partial charge in [-0.15, -0.1) is 0 Å². The Kier molecular flexibility index (Phi) is 5.27. The molecule has 118 valence electrons. The van der Waals surface area contributed by atoms with Gasteiger partial charge in [-0.05, 0) is 23.8 Å². The van der Waals surface area contributed by atoms with Gasteiger partial charge in [-0.3, -0.25) is 20.1 Å². The third-order valence-corrected chi connectivity index (χ3v) is 3.03. The second-order valence-corrected chi connectivity index (χ2v) is 4.99. The van der Waals surface area contributed by atoms with E-state index in [0.29, 0.717) is 0 Å². The Hall–Kier alpha value is -2.93. The van der Waals surface area contributed by atoms with Crippen molar-refractivity contribution < 1.29 is 4.92 Å². The minimum absolute atomic E-state index is 0.00709. The highest BCUT2D eigenvalue weighted by molar-refractivity contribution is 6.30. The van der Waals surface area contributed by atoms with Crippen molar-refractivity contribution in [3.8, 4) is 0 Å². The highest BCUT2D eigenvalue weighted by Crippen LogP contribution is 2.14. The molecule has 0 fully saturated rings. The van der Waals surface area contributed by atoms with Crippen LogP contribution >= 0.6 is 11.6 Å². The van der Waals surface area contributed by atoms with Crippen LogP contribution in [0.3, 0.4) is 0 Å². The fourth-order valence-electron chi connectivity index (χ4n) is 1.93. The smallest absolute Gasteiger partial charge is 0.326 e. The number of nitrogens with two attached hydrogens (primary N) is 1. The topological polar surface area (TPSA) is 106 Å². The van der Waals surface area contributed by atoms with Crippen LogP contribution < -0.4 is 11.1 Å². The van der Waals surface area contributed by atoms with Gasteiger partial charge in [0, 0.05) is 11.6 Å². The molecule has 7 nitrogen and oxygen atoms in total. The van der Waals surface area contributed by atoms with Gasteiger partial charge in [0.1, 0.15) is 5.16 Å². The average Bonchev–Trinajstić information content (AvgIpc) is 2.52. The van der Waals surface area contributed by atoms with Crippen molar-refractivity contribution in [2.24, 2.45) is 10.7 Å². The number of aromatic nitrogens is 1. The van der Waals surface area contributed by atoms with Crippen molar-refractivity contribution in [1.29, 1.82) is 0 Å². The summed E-state index contributed by atoms with van der Waals surface area (Å²) in [6, 6.07) is 9.39. The van der Waals surface area contributed by atoms with Crippen molar-refractivity contribution in [3.63, 3.8) is 0 Å². The maximum absolute atomic E-state index is 11.0. The van der Waals surface area contributed by atoms with Crippen LogP contribution in [0.2, 0.25) is 0 Å². The molecule has 0 aliphatic heterocycles. The lowest BCUT2D eigenvalue weighted by Gasteiger charge is -2.06. The third-order valence-electron chi connectivity index (χ3n) is 2.94. The summed E-state index contributed by atoms with van der Waals surface area (Å²) < 4.78 is 0. The van der Waals surface area contributed by atoms with Gasteiger partial charge in [-0.2, -0.15) is 0 Å². The van der Waals surface area contributed by atoms with Crippen LogP contribution in [0, 0.1) is 10.1 Å². The molecular formula is C15H14ClN5O2. The summed E-state index contributed by atoms with van der Waals surface area (Å²) in [7, 11) is 0. The first kappa shape index (κ1) is 16.4. The Morgan fingerprint density at radius 1 is 1.52 bits per heavy atom. The number of aliphatic imine (C=N–C) groups is 1. The van der Waals surface area contributed by atoms with Gasteiger partial charge in [0.2, 0.25) is 5.84 Å². The lowest BCUT2D eigenvalue weighted by molar-refractivity contribution is -0.415. The van der Waals surface area contributed by atoms with Gasteiger partial charge >= 0.3 is 5.70 Å². The van der Waals surface area contributed by atoms with E-state index in [9.17, 15) is 10.1 Å². The Morgan fingerprint density at radius 2 is 2.30 bits per heavy atom. The zero-order valence-electron chi connectivity index (χ0n) is 12.1. The fourth-order valence-corrected chi connectivity index (χ4v) is 2.02. The molecule has 0 unspecified atom stereocenters. The predicted molar refractivity (Wildman–Crippen MR) is 90.3 cm³/mol. The standard InChI is InChI=1S/C15H14ClN5O2/c1-10(16)20-15(14(8-17)21(22)23)19-9-11-4-5-13-12(7-11)3-2-6-18-13/h2-8H,1,9,17H2,(H,19,20)/b14-8+. The number of benzene rings is 1. The van der Waals surface area contributed by atoms with Crippen LogP contribution in [0.1, 0.15) is 5.56 Å². The molecule has 0 amide bonds. The molecule has 0 saturated carbocycles. The zero-order chi connectivity index (χ0) is 16.8. The molecule has 8 heteroatoms. The van der Waals surface area contributed by atoms with Crippen molar-refractivity contribution in [2.45, 2.75) is 6.54 Å². The first-order chi connectivity index (χ1) is 11.0. The molecule has 2 aromatic rings. The first-order valence-electron chi connectivity index (χ1n) is 6.57. The second kappa shape index (κ2) is 7.37. The van der Waals surface area contributed by atoms with Crippen molar-refractivity contribution in [3.05, 3.63) is 75.8 Å². The highest BCUT2D eigenvalue weighted by Gasteiger charge is 2.19. The second-order valence-electron chi connectivity index (χ2n) is 4.53. The van der Waals surface area contributed by atoms with Gasteiger partial charge < -0.3 is 11.1 Å². The molecule has 1 aromatic heterocycles. The van der Waals surface area contributed by atoms with Gasteiger partial charge in [-0.1, -0.05) is 30.3 Å². The van der Waals surface area contributed by atoms with E-state index in [1.54, 1.807) is 6.20 Å². The summed E-state index contributed by atoms with van der Waals surface area (Å²) in [4.78, 5) is 18.8. The average molecular weight is 332 g/mol. The van der Waals surface area contributed by atoms with Crippen molar-refractivity contribution >= 4 is 28.3 Å². The molecule has 0 atom stereocenters. The molecule has 1 aromatic carbocycles. The monoisotopic (exact) mass is 331 g/mol. The van der Waals surface area contributed by atoms with Gasteiger partial charge in [0.05, 0.1) is 23.2 Å². The molecule has 2 rings (SSSR count). The van der Waals surface area contributed by atoms with Gasteiger partial charge in [0.15, 0.2) is 0 Å². The largest absolute Gasteiger partial charge is 0.399 e. The van der Waals surface area contributed by atoms with Gasteiger partial charge in [-0.25, -0.2) is 0 Å². The summed E-state index contributed by atoms with van der Waals surface area (Å²) >= 11 is 5.65. The maximum Gasteiger partial charge on any atom is 0.326 e. The summed E-state index contributed by atoms with van der Waals surface area (Å²) in [6.07, 6.45) is 2.57. The molecule has 3 N–H and O–H groups in total. The number of nitrogens with zero attached hydrogens (tertiary/aromatic N) is 3. The molecule has 0 aliphatic carbocycles. The fraction of sp³-hybridized carbons (Fsp3) is 0.0667. The number of nitrogens with one attached hydrogen (secondary N) is 1. The van der Waals surface area contributed by atoms with Crippen molar-refractivity contribution in [1.82, 2.24) is 10.3 Å². The molecule has 0 aliphatic rings. The lowest BCUT2D eigenvalue weighted by atomic mass is 10.1. The molecule has 0 radical (unpaired) electrons. The number of fused-ring (bicyclic) bond motifs is 1. The summed E-state index contributed by atoms with van der Waals surface area (Å²) in [5, 5.41) is 14.5. The summed E-state index contributed by atoms with van der Waals surface area (Å²) in [5.74, 6) is -0.0521. The van der Waals surface area contributed by atoms with Crippen LogP contribution in [-0.2, 0) is 6.54 Å². The molecule has 23 heavy (non-hydrogen) atoms. The minimum Gasteiger partial charge on any atom is -0.399 e. The van der Waals surface area contributed by atoms with E-state index in [0.717, 1.165) is 22.7 Å². The Balaban J connectivity index is 2.30.